The zero-order valence-corrected chi connectivity index (χ0v) is 22.9. The summed E-state index contributed by atoms with van der Waals surface area (Å²) in [4.78, 5) is 58.6. The molecule has 3 rings (SSSR count). The van der Waals surface area contributed by atoms with Gasteiger partial charge >= 0.3 is 23.9 Å². The third kappa shape index (κ3) is 12.0. The van der Waals surface area contributed by atoms with Crippen molar-refractivity contribution >= 4 is 23.9 Å². The summed E-state index contributed by atoms with van der Waals surface area (Å²) in [6.45, 7) is 2.93. The molecule has 1 fully saturated rings. The SMILES string of the molecule is O=C(O)CN1CCN(CC(=O)O)CCN(Cc2cc(C(=O)OCc3ccccc3)ccn2)CCN(CC(=O)O)CC1. The molecule has 13 heteroatoms. The Morgan fingerprint density at radius 1 is 0.683 bits per heavy atom. The predicted octanol–water partition coefficient (Wildman–Crippen LogP) is 0.414. The second-order valence-corrected chi connectivity index (χ2v) is 9.88. The number of carboxylic acids is 3. The first kappa shape index (κ1) is 31.6. The van der Waals surface area contributed by atoms with E-state index in [0.29, 0.717) is 70.2 Å². The van der Waals surface area contributed by atoms with E-state index in [4.69, 9.17) is 4.74 Å². The van der Waals surface area contributed by atoms with Gasteiger partial charge in [0.15, 0.2) is 0 Å². The summed E-state index contributed by atoms with van der Waals surface area (Å²) in [7, 11) is 0. The lowest BCUT2D eigenvalue weighted by Gasteiger charge is -2.33. The molecule has 3 N–H and O–H groups in total. The Morgan fingerprint density at radius 3 is 1.61 bits per heavy atom. The highest BCUT2D eigenvalue weighted by atomic mass is 16.5. The van der Waals surface area contributed by atoms with Gasteiger partial charge in [0.1, 0.15) is 6.61 Å². The van der Waals surface area contributed by atoms with E-state index in [-0.39, 0.29) is 26.2 Å². The Hall–Kier alpha value is -3.91. The van der Waals surface area contributed by atoms with E-state index in [2.05, 4.69) is 4.98 Å². The van der Waals surface area contributed by atoms with Crippen molar-refractivity contribution in [2.24, 2.45) is 0 Å². The van der Waals surface area contributed by atoms with Gasteiger partial charge in [0, 0.05) is 65.1 Å². The Labute approximate surface area is 238 Å². The van der Waals surface area contributed by atoms with Gasteiger partial charge in [-0.2, -0.15) is 0 Å². The van der Waals surface area contributed by atoms with Crippen LogP contribution in [0.15, 0.2) is 48.7 Å². The van der Waals surface area contributed by atoms with Gasteiger partial charge in [-0.1, -0.05) is 30.3 Å². The number of carbonyl (C=O) groups is 4. The molecule has 13 nitrogen and oxygen atoms in total. The summed E-state index contributed by atoms with van der Waals surface area (Å²) < 4.78 is 5.44. The van der Waals surface area contributed by atoms with Crippen LogP contribution in [0.1, 0.15) is 21.6 Å². The first-order valence-corrected chi connectivity index (χ1v) is 13.4. The van der Waals surface area contributed by atoms with Crippen LogP contribution >= 0.6 is 0 Å². The average Bonchev–Trinajstić information content (AvgIpc) is 2.93. The van der Waals surface area contributed by atoms with Gasteiger partial charge < -0.3 is 20.1 Å². The molecule has 1 aromatic heterocycles. The second kappa shape index (κ2) is 16.4. The van der Waals surface area contributed by atoms with Crippen LogP contribution in [0.5, 0.6) is 0 Å². The van der Waals surface area contributed by atoms with Crippen LogP contribution in [0.4, 0.5) is 0 Å². The van der Waals surface area contributed by atoms with Crippen molar-refractivity contribution < 1.29 is 39.2 Å². The van der Waals surface area contributed by atoms with Crippen molar-refractivity contribution in [2.75, 3.05) is 72.0 Å². The highest BCUT2D eigenvalue weighted by Crippen LogP contribution is 2.10. The summed E-state index contributed by atoms with van der Waals surface area (Å²) in [6, 6.07) is 12.6. The molecule has 1 aromatic carbocycles. The van der Waals surface area contributed by atoms with Crippen molar-refractivity contribution in [3.8, 4) is 0 Å². The minimum Gasteiger partial charge on any atom is -0.480 e. The lowest BCUT2D eigenvalue weighted by Crippen LogP contribution is -2.48. The lowest BCUT2D eigenvalue weighted by atomic mass is 10.2. The van der Waals surface area contributed by atoms with Crippen LogP contribution in [0, 0.1) is 0 Å². The van der Waals surface area contributed by atoms with Crippen molar-refractivity contribution in [3.05, 3.63) is 65.5 Å². The number of ether oxygens (including phenoxy) is 1. The van der Waals surface area contributed by atoms with Crippen LogP contribution in [-0.2, 0) is 32.3 Å². The minimum absolute atomic E-state index is 0.145. The normalized spacial score (nSPS) is 16.8. The molecule has 0 unspecified atom stereocenters. The summed E-state index contributed by atoms with van der Waals surface area (Å²) in [6.07, 6.45) is 1.54. The maximum absolute atomic E-state index is 12.7. The number of pyridine rings is 1. The molecule has 1 aliphatic heterocycles. The quantitative estimate of drug-likeness (QED) is 0.318. The average molecular weight is 572 g/mol. The smallest absolute Gasteiger partial charge is 0.338 e. The molecule has 0 amide bonds. The lowest BCUT2D eigenvalue weighted by molar-refractivity contribution is -0.140. The molecule has 41 heavy (non-hydrogen) atoms. The van der Waals surface area contributed by atoms with E-state index in [0.717, 1.165) is 5.56 Å². The monoisotopic (exact) mass is 571 g/mol. The van der Waals surface area contributed by atoms with E-state index >= 15 is 0 Å². The number of esters is 1. The van der Waals surface area contributed by atoms with E-state index < -0.39 is 23.9 Å². The molecule has 0 atom stereocenters. The number of rotatable bonds is 11. The fraction of sp³-hybridized carbons (Fsp3) is 0.464. The van der Waals surface area contributed by atoms with Crippen LogP contribution < -0.4 is 0 Å². The van der Waals surface area contributed by atoms with Crippen molar-refractivity contribution in [3.63, 3.8) is 0 Å². The minimum atomic E-state index is -1.00. The number of hydrogen-bond donors (Lipinski definition) is 3. The van der Waals surface area contributed by atoms with E-state index in [1.54, 1.807) is 26.8 Å². The van der Waals surface area contributed by atoms with Crippen molar-refractivity contribution in [1.29, 1.82) is 0 Å². The largest absolute Gasteiger partial charge is 0.480 e. The number of aromatic nitrogens is 1. The molecule has 0 saturated carbocycles. The molecule has 2 aromatic rings. The third-order valence-electron chi connectivity index (χ3n) is 6.66. The molecule has 0 aliphatic carbocycles. The summed E-state index contributed by atoms with van der Waals surface area (Å²) >= 11 is 0. The number of carboxylic acid groups (broad SMARTS) is 3. The number of benzene rings is 1. The van der Waals surface area contributed by atoms with E-state index in [1.165, 1.54) is 6.20 Å². The first-order valence-electron chi connectivity index (χ1n) is 13.4. The number of aliphatic carboxylic acids is 3. The first-order chi connectivity index (χ1) is 19.7. The van der Waals surface area contributed by atoms with Gasteiger partial charge in [0.05, 0.1) is 30.9 Å². The van der Waals surface area contributed by atoms with Gasteiger partial charge in [-0.05, 0) is 17.7 Å². The molecule has 1 saturated heterocycles. The van der Waals surface area contributed by atoms with Gasteiger partial charge in [0.25, 0.3) is 0 Å². The summed E-state index contributed by atoms with van der Waals surface area (Å²) in [5.41, 5.74) is 1.85. The maximum atomic E-state index is 12.7. The maximum Gasteiger partial charge on any atom is 0.338 e. The Bertz CT molecular complexity index is 1130. The zero-order chi connectivity index (χ0) is 29.6. The molecular weight excluding hydrogens is 534 g/mol. The molecule has 2 heterocycles. The highest BCUT2D eigenvalue weighted by Gasteiger charge is 2.21. The zero-order valence-electron chi connectivity index (χ0n) is 22.9. The van der Waals surface area contributed by atoms with Crippen molar-refractivity contribution in [1.82, 2.24) is 24.6 Å². The number of hydrogen-bond acceptors (Lipinski definition) is 10. The Balaban J connectivity index is 1.71. The Kier molecular flexibility index (Phi) is 12.6. The van der Waals surface area contributed by atoms with Crippen LogP contribution in [0.3, 0.4) is 0 Å². The van der Waals surface area contributed by atoms with E-state index in [9.17, 15) is 34.5 Å². The van der Waals surface area contributed by atoms with Gasteiger partial charge in [-0.25, -0.2) is 4.79 Å². The highest BCUT2D eigenvalue weighted by molar-refractivity contribution is 5.89. The standard InChI is InChI=1S/C28H37N5O8/c34-25(35)18-31-10-8-30(9-11-32(19-26(36)37)13-15-33(14-12-31)20-27(38)39)17-24-16-23(6-7-29-24)28(40)41-21-22-4-2-1-3-5-22/h1-7,16H,8-15,17-21H2,(H,34,35)(H,36,37)(H,38,39). The summed E-state index contributed by atoms with van der Waals surface area (Å²) in [5, 5.41) is 28.1. The van der Waals surface area contributed by atoms with Gasteiger partial charge in [-0.15, -0.1) is 0 Å². The molecule has 0 spiro atoms. The van der Waals surface area contributed by atoms with Crippen LogP contribution in [0.25, 0.3) is 0 Å². The molecule has 1 aliphatic rings. The second-order valence-electron chi connectivity index (χ2n) is 9.88. The molecule has 222 valence electrons. The van der Waals surface area contributed by atoms with Gasteiger partial charge in [0.2, 0.25) is 0 Å². The Morgan fingerprint density at radius 2 is 1.15 bits per heavy atom. The van der Waals surface area contributed by atoms with E-state index in [1.807, 2.05) is 35.2 Å². The van der Waals surface area contributed by atoms with Crippen LogP contribution in [0.2, 0.25) is 0 Å². The topological polar surface area (TPSA) is 164 Å². The predicted molar refractivity (Wildman–Crippen MR) is 147 cm³/mol. The fourth-order valence-corrected chi connectivity index (χ4v) is 4.51. The summed E-state index contributed by atoms with van der Waals surface area (Å²) in [5.74, 6) is -3.44. The van der Waals surface area contributed by atoms with Crippen LogP contribution in [-0.4, -0.2) is 136 Å². The molecule has 0 radical (unpaired) electrons. The molecular formula is C28H37N5O8. The number of nitrogens with zero attached hydrogens (tertiary/aromatic N) is 5. The number of carbonyl (C=O) groups excluding carboxylic acids is 1. The van der Waals surface area contributed by atoms with Crippen molar-refractivity contribution in [2.45, 2.75) is 13.2 Å². The fourth-order valence-electron chi connectivity index (χ4n) is 4.51. The molecule has 0 bridgehead atoms. The third-order valence-corrected chi connectivity index (χ3v) is 6.66. The van der Waals surface area contributed by atoms with Gasteiger partial charge in [-0.3, -0.25) is 39.0 Å².